The lowest BCUT2D eigenvalue weighted by molar-refractivity contribution is 0.384. The van der Waals surface area contributed by atoms with Crippen molar-refractivity contribution in [2.24, 2.45) is 0 Å². The maximum atomic E-state index is 13.3. The molecule has 3 rings (SSSR count). The molecule has 3 aromatic carbocycles. The Hall–Kier alpha value is -2.77. The molecule has 0 fully saturated rings. The van der Waals surface area contributed by atoms with Crippen LogP contribution in [0.2, 0.25) is 0 Å². The first-order valence-electron chi connectivity index (χ1n) is 8.65. The lowest BCUT2D eigenvalue weighted by atomic mass is 10.1. The van der Waals surface area contributed by atoms with Crippen molar-refractivity contribution in [2.75, 3.05) is 28.4 Å². The van der Waals surface area contributed by atoms with Crippen LogP contribution in [0.3, 0.4) is 0 Å². The lowest BCUT2D eigenvalue weighted by Crippen LogP contribution is -2.27. The van der Waals surface area contributed by atoms with Crippen LogP contribution in [0.5, 0.6) is 17.2 Å². The topological polar surface area (TPSA) is 65.1 Å². The summed E-state index contributed by atoms with van der Waals surface area (Å²) in [4.78, 5) is 0.235. The Morgan fingerprint density at radius 2 is 1.50 bits per heavy atom. The summed E-state index contributed by atoms with van der Waals surface area (Å²) in [5.41, 5.74) is 0.743. The van der Waals surface area contributed by atoms with Crippen LogP contribution in [0.25, 0.3) is 10.8 Å². The molecule has 0 heterocycles. The molecule has 0 aliphatic heterocycles. The van der Waals surface area contributed by atoms with Gasteiger partial charge in [-0.2, -0.15) is 4.31 Å². The number of hydrogen-bond acceptors (Lipinski definition) is 5. The summed E-state index contributed by atoms with van der Waals surface area (Å²) in [6, 6.07) is 15.9. The van der Waals surface area contributed by atoms with Crippen LogP contribution >= 0.6 is 0 Å². The average molecular weight is 401 g/mol. The van der Waals surface area contributed by atoms with Crippen molar-refractivity contribution in [2.45, 2.75) is 11.4 Å². The Morgan fingerprint density at radius 3 is 2.14 bits per heavy atom. The van der Waals surface area contributed by atoms with E-state index < -0.39 is 10.0 Å². The van der Waals surface area contributed by atoms with E-state index in [1.165, 1.54) is 4.31 Å². The zero-order valence-electron chi connectivity index (χ0n) is 16.3. The van der Waals surface area contributed by atoms with Crippen molar-refractivity contribution in [3.63, 3.8) is 0 Å². The number of sulfonamides is 1. The fourth-order valence-corrected chi connectivity index (χ4v) is 4.46. The minimum Gasteiger partial charge on any atom is -0.497 e. The van der Waals surface area contributed by atoms with Crippen LogP contribution in [-0.4, -0.2) is 41.1 Å². The lowest BCUT2D eigenvalue weighted by Gasteiger charge is -2.20. The van der Waals surface area contributed by atoms with Gasteiger partial charge in [0.15, 0.2) is 0 Å². The van der Waals surface area contributed by atoms with Crippen LogP contribution in [0.1, 0.15) is 5.56 Å². The average Bonchev–Trinajstić information content (AvgIpc) is 2.72. The molecule has 0 aliphatic carbocycles. The Kier molecular flexibility index (Phi) is 5.76. The van der Waals surface area contributed by atoms with E-state index in [0.29, 0.717) is 22.6 Å². The monoisotopic (exact) mass is 401 g/mol. The number of ether oxygens (including phenoxy) is 3. The summed E-state index contributed by atoms with van der Waals surface area (Å²) in [5, 5.41) is 1.37. The summed E-state index contributed by atoms with van der Waals surface area (Å²) >= 11 is 0. The molecule has 0 unspecified atom stereocenters. The Labute approximate surface area is 165 Å². The second-order valence-electron chi connectivity index (χ2n) is 6.25. The summed E-state index contributed by atoms with van der Waals surface area (Å²) in [6.45, 7) is 0.163. The van der Waals surface area contributed by atoms with Gasteiger partial charge >= 0.3 is 0 Å². The minimum absolute atomic E-state index is 0.163. The quantitative estimate of drug-likeness (QED) is 0.604. The van der Waals surface area contributed by atoms with E-state index in [0.717, 1.165) is 10.9 Å². The van der Waals surface area contributed by atoms with Gasteiger partial charge in [0, 0.05) is 36.0 Å². The van der Waals surface area contributed by atoms with Gasteiger partial charge in [0.25, 0.3) is 0 Å². The number of hydrogen-bond donors (Lipinski definition) is 0. The Bertz CT molecular complexity index is 1100. The highest BCUT2D eigenvalue weighted by Crippen LogP contribution is 2.33. The molecule has 0 spiro atoms. The smallest absolute Gasteiger partial charge is 0.243 e. The predicted octanol–water partition coefficient (Wildman–Crippen LogP) is 3.69. The summed E-state index contributed by atoms with van der Waals surface area (Å²) in [7, 11) is 2.50. The highest BCUT2D eigenvalue weighted by atomic mass is 32.2. The van der Waals surface area contributed by atoms with E-state index in [4.69, 9.17) is 14.2 Å². The highest BCUT2D eigenvalue weighted by Gasteiger charge is 2.25. The van der Waals surface area contributed by atoms with Gasteiger partial charge in [0.05, 0.1) is 26.2 Å². The van der Waals surface area contributed by atoms with Gasteiger partial charge in [-0.25, -0.2) is 8.42 Å². The maximum Gasteiger partial charge on any atom is 0.243 e. The van der Waals surface area contributed by atoms with E-state index in [2.05, 4.69) is 0 Å². The molecule has 28 heavy (non-hydrogen) atoms. The first-order valence-corrected chi connectivity index (χ1v) is 10.1. The van der Waals surface area contributed by atoms with E-state index in [1.54, 1.807) is 64.8 Å². The fourth-order valence-electron chi connectivity index (χ4n) is 3.12. The van der Waals surface area contributed by atoms with Gasteiger partial charge in [-0.3, -0.25) is 0 Å². The van der Waals surface area contributed by atoms with E-state index in [-0.39, 0.29) is 11.4 Å². The normalized spacial score (nSPS) is 11.6. The molecule has 6 nitrogen and oxygen atoms in total. The summed E-state index contributed by atoms with van der Waals surface area (Å²) < 4.78 is 43.9. The molecule has 0 aromatic heterocycles. The van der Waals surface area contributed by atoms with Crippen molar-refractivity contribution in [3.8, 4) is 17.2 Å². The van der Waals surface area contributed by atoms with E-state index in [9.17, 15) is 8.42 Å². The van der Waals surface area contributed by atoms with Gasteiger partial charge in [-0.15, -0.1) is 0 Å². The number of methoxy groups -OCH3 is 3. The zero-order valence-corrected chi connectivity index (χ0v) is 17.1. The Balaban J connectivity index is 2.01. The standard InChI is InChI=1S/C21H23NO5S/c1-22(14-15-9-10-16(25-2)13-20(15)27-4)28(23,24)21-12-11-19(26-3)17-7-5-6-8-18(17)21/h5-13H,14H2,1-4H3. The zero-order chi connectivity index (χ0) is 20.3. The van der Waals surface area contributed by atoms with Crippen molar-refractivity contribution in [3.05, 3.63) is 60.2 Å². The van der Waals surface area contributed by atoms with Crippen molar-refractivity contribution >= 4 is 20.8 Å². The van der Waals surface area contributed by atoms with Gasteiger partial charge in [0.2, 0.25) is 10.0 Å². The molecule has 7 heteroatoms. The van der Waals surface area contributed by atoms with Gasteiger partial charge in [0.1, 0.15) is 17.2 Å². The molecule has 0 amide bonds. The molecule has 0 aliphatic rings. The molecular weight excluding hydrogens is 378 g/mol. The highest BCUT2D eigenvalue weighted by molar-refractivity contribution is 7.89. The molecule has 0 bridgehead atoms. The Morgan fingerprint density at radius 1 is 0.821 bits per heavy atom. The molecule has 0 atom stereocenters. The molecule has 0 saturated carbocycles. The van der Waals surface area contributed by atoms with Crippen LogP contribution in [0.15, 0.2) is 59.5 Å². The largest absolute Gasteiger partial charge is 0.497 e. The van der Waals surface area contributed by atoms with Crippen LogP contribution in [-0.2, 0) is 16.6 Å². The van der Waals surface area contributed by atoms with Crippen molar-refractivity contribution < 1.29 is 22.6 Å². The fraction of sp³-hybridized carbons (Fsp3) is 0.238. The summed E-state index contributed by atoms with van der Waals surface area (Å²) in [5.74, 6) is 1.85. The molecule has 148 valence electrons. The van der Waals surface area contributed by atoms with Gasteiger partial charge in [-0.1, -0.05) is 30.3 Å². The number of benzene rings is 3. The van der Waals surface area contributed by atoms with Crippen LogP contribution < -0.4 is 14.2 Å². The number of nitrogens with zero attached hydrogens (tertiary/aromatic N) is 1. The third-order valence-corrected chi connectivity index (χ3v) is 6.50. The first-order chi connectivity index (χ1) is 13.4. The third-order valence-electron chi connectivity index (χ3n) is 4.64. The van der Waals surface area contributed by atoms with E-state index in [1.807, 2.05) is 18.2 Å². The summed E-state index contributed by atoms with van der Waals surface area (Å²) in [6.07, 6.45) is 0. The molecule has 0 radical (unpaired) electrons. The first kappa shape index (κ1) is 20.0. The second kappa shape index (κ2) is 8.08. The SMILES string of the molecule is COc1ccc(CN(C)S(=O)(=O)c2ccc(OC)c3ccccc23)c(OC)c1. The van der Waals surface area contributed by atoms with Crippen LogP contribution in [0.4, 0.5) is 0 Å². The predicted molar refractivity (Wildman–Crippen MR) is 109 cm³/mol. The number of fused-ring (bicyclic) bond motifs is 1. The van der Waals surface area contributed by atoms with Crippen molar-refractivity contribution in [1.29, 1.82) is 0 Å². The minimum atomic E-state index is -3.74. The number of rotatable bonds is 7. The molecule has 0 N–H and O–H groups in total. The van der Waals surface area contributed by atoms with Gasteiger partial charge in [-0.05, 0) is 18.2 Å². The van der Waals surface area contributed by atoms with Crippen molar-refractivity contribution in [1.82, 2.24) is 4.31 Å². The third kappa shape index (κ3) is 3.63. The van der Waals surface area contributed by atoms with Gasteiger partial charge < -0.3 is 14.2 Å². The maximum absolute atomic E-state index is 13.3. The van der Waals surface area contributed by atoms with Crippen LogP contribution in [0, 0.1) is 0 Å². The second-order valence-corrected chi connectivity index (χ2v) is 8.26. The molecule has 3 aromatic rings. The van der Waals surface area contributed by atoms with E-state index >= 15 is 0 Å². The molecule has 0 saturated heterocycles. The molecular formula is C21H23NO5S.